The number of nitrogens with zero attached hydrogens (tertiary/aromatic N) is 1. The van der Waals surface area contributed by atoms with Crippen molar-refractivity contribution in [2.45, 2.75) is 24.1 Å². The number of halogens is 2. The van der Waals surface area contributed by atoms with E-state index in [4.69, 9.17) is 38.1 Å². The zero-order chi connectivity index (χ0) is 24.7. The van der Waals surface area contributed by atoms with E-state index >= 15 is 0 Å². The molecular formula is C11H13F2N2O12P3S2. The molecular weight excluding hydrogens is 547 g/mol. The molecule has 32 heavy (non-hydrogen) atoms. The molecule has 1 saturated heterocycles. The van der Waals surface area contributed by atoms with Crippen molar-refractivity contribution in [3.05, 3.63) is 21.4 Å². The Morgan fingerprint density at radius 1 is 1.25 bits per heavy atom. The molecule has 3 unspecified atom stereocenters. The molecule has 1 aromatic rings. The second-order valence-corrected chi connectivity index (χ2v) is 11.2. The average Bonchev–Trinajstić information content (AvgIpc) is 2.85. The summed E-state index contributed by atoms with van der Waals surface area (Å²) in [4.78, 5) is 37.9. The predicted molar refractivity (Wildman–Crippen MR) is 103 cm³/mol. The first kappa shape index (κ1) is 27.5. The topological polar surface area (TPSA) is 210 Å². The molecule has 0 aromatic carbocycles. The van der Waals surface area contributed by atoms with Gasteiger partial charge in [0.05, 0.1) is 0 Å². The van der Waals surface area contributed by atoms with Gasteiger partial charge in [-0.1, -0.05) is 18.1 Å². The van der Waals surface area contributed by atoms with Gasteiger partial charge in [-0.05, 0) is 12.2 Å². The summed E-state index contributed by atoms with van der Waals surface area (Å²) in [5.41, 5.74) is -2.53. The second kappa shape index (κ2) is 9.49. The van der Waals surface area contributed by atoms with Crippen LogP contribution < -0.4 is 0 Å². The summed E-state index contributed by atoms with van der Waals surface area (Å²) in [6.07, 6.45) is -0.652. The summed E-state index contributed by atoms with van der Waals surface area (Å²) >= 11 is 9.52. The number of aromatic nitrogens is 2. The monoisotopic (exact) mass is 560 g/mol. The molecule has 1 aliphatic rings. The molecule has 0 amide bonds. The first-order valence-corrected chi connectivity index (χ1v) is 13.0. The van der Waals surface area contributed by atoms with Gasteiger partial charge in [0.15, 0.2) is 28.6 Å². The van der Waals surface area contributed by atoms with Crippen molar-refractivity contribution in [1.82, 2.24) is 9.55 Å². The van der Waals surface area contributed by atoms with Gasteiger partial charge >= 0.3 is 23.5 Å². The minimum absolute atomic E-state index is 0.336. The second-order valence-electron chi connectivity index (χ2n) is 5.94. The van der Waals surface area contributed by atoms with Crippen LogP contribution in [0.25, 0.3) is 0 Å². The summed E-state index contributed by atoms with van der Waals surface area (Å²) in [5.74, 6) is 0.756. The SMILES string of the molecule is C#C[C@]1(COP(=O)(O)OP(=O)(O)OP(=O)(O)O)O[C@@H](n2cc(F)c(=S)[nH]c2=S)C(F)[C@H]1O. The van der Waals surface area contributed by atoms with Crippen LogP contribution in [0.1, 0.15) is 6.23 Å². The maximum Gasteiger partial charge on any atom is 0.490 e. The summed E-state index contributed by atoms with van der Waals surface area (Å²) in [7, 11) is -17.1. The van der Waals surface area contributed by atoms with Gasteiger partial charge < -0.3 is 34.4 Å². The Kier molecular flexibility index (Phi) is 8.16. The third-order valence-electron chi connectivity index (χ3n) is 3.68. The number of hydrogen-bond donors (Lipinski definition) is 6. The van der Waals surface area contributed by atoms with Gasteiger partial charge in [0.2, 0.25) is 0 Å². The van der Waals surface area contributed by atoms with Crippen LogP contribution in [0, 0.1) is 27.6 Å². The van der Waals surface area contributed by atoms with Crippen molar-refractivity contribution in [2.75, 3.05) is 6.61 Å². The third kappa shape index (κ3) is 6.44. The van der Waals surface area contributed by atoms with Crippen LogP contribution in [0.15, 0.2) is 6.20 Å². The van der Waals surface area contributed by atoms with E-state index in [1.54, 1.807) is 5.92 Å². The standard InChI is InChI=1S/C11H13F2N2O12P3S2/c1-2-11(4-24-29(20,21)27-30(22,23)26-28(17,18)19)7(16)6(13)9(25-11)15-3-5(12)8(31)14-10(15)32/h1,3,6-7,9,16H,4H2,(H,20,21)(H,22,23)(H,14,31,32)(H2,17,18,19)/t6?,7-,9-,11-/m1/s1. The molecule has 180 valence electrons. The Bertz CT molecular complexity index is 1200. The van der Waals surface area contributed by atoms with Crippen molar-refractivity contribution in [3.8, 4) is 12.3 Å². The van der Waals surface area contributed by atoms with Crippen LogP contribution in [-0.2, 0) is 31.6 Å². The van der Waals surface area contributed by atoms with Crippen molar-refractivity contribution < 1.29 is 65.0 Å². The number of phosphoric acid groups is 3. The molecule has 1 fully saturated rings. The summed E-state index contributed by atoms with van der Waals surface area (Å²) in [5, 5.41) is 10.2. The molecule has 2 heterocycles. The Hall–Kier alpha value is -0.730. The molecule has 21 heteroatoms. The van der Waals surface area contributed by atoms with Gasteiger partial charge in [0.1, 0.15) is 17.4 Å². The van der Waals surface area contributed by atoms with Gasteiger partial charge in [0, 0.05) is 6.20 Å². The lowest BCUT2D eigenvalue weighted by atomic mass is 9.98. The Morgan fingerprint density at radius 3 is 2.38 bits per heavy atom. The number of ether oxygens (including phenoxy) is 1. The summed E-state index contributed by atoms with van der Waals surface area (Å²) in [6.45, 7) is -1.36. The van der Waals surface area contributed by atoms with Crippen LogP contribution in [-0.4, -0.2) is 58.7 Å². The van der Waals surface area contributed by atoms with Crippen LogP contribution in [0.5, 0.6) is 0 Å². The Balaban J connectivity index is 2.26. The van der Waals surface area contributed by atoms with Crippen molar-refractivity contribution in [3.63, 3.8) is 0 Å². The fraction of sp³-hybridized carbons (Fsp3) is 0.455. The fourth-order valence-corrected chi connectivity index (χ4v) is 5.91. The highest BCUT2D eigenvalue weighted by Gasteiger charge is 2.57. The molecule has 0 spiro atoms. The molecule has 14 nitrogen and oxygen atoms in total. The normalized spacial score (nSPS) is 29.8. The lowest BCUT2D eigenvalue weighted by Crippen LogP contribution is -2.44. The number of phosphoric ester groups is 1. The molecule has 0 saturated carbocycles. The lowest BCUT2D eigenvalue weighted by molar-refractivity contribution is -0.0903. The maximum absolute atomic E-state index is 14.7. The minimum atomic E-state index is -5.84. The quantitative estimate of drug-likeness (QED) is 0.151. The summed E-state index contributed by atoms with van der Waals surface area (Å²) < 4.78 is 78.8. The molecule has 0 bridgehead atoms. The molecule has 0 aliphatic carbocycles. The van der Waals surface area contributed by atoms with Crippen LogP contribution in [0.4, 0.5) is 8.78 Å². The molecule has 6 N–H and O–H groups in total. The molecule has 1 aromatic heterocycles. The smallest absolute Gasteiger partial charge is 0.386 e. The van der Waals surface area contributed by atoms with E-state index in [-0.39, 0.29) is 4.77 Å². The van der Waals surface area contributed by atoms with Gasteiger partial charge in [-0.2, -0.15) is 8.62 Å². The van der Waals surface area contributed by atoms with Crippen molar-refractivity contribution >= 4 is 47.9 Å². The van der Waals surface area contributed by atoms with Crippen LogP contribution >= 0.6 is 47.9 Å². The van der Waals surface area contributed by atoms with Gasteiger partial charge in [-0.25, -0.2) is 22.5 Å². The third-order valence-corrected chi connectivity index (χ3v) is 8.08. The lowest BCUT2D eigenvalue weighted by Gasteiger charge is -2.27. The first-order valence-electron chi connectivity index (χ1n) is 7.69. The Morgan fingerprint density at radius 2 is 1.84 bits per heavy atom. The van der Waals surface area contributed by atoms with Crippen molar-refractivity contribution in [2.24, 2.45) is 0 Å². The number of terminal acetylenes is 1. The van der Waals surface area contributed by atoms with Gasteiger partial charge in [0.25, 0.3) is 0 Å². The zero-order valence-corrected chi connectivity index (χ0v) is 19.4. The largest absolute Gasteiger partial charge is 0.490 e. The molecule has 6 atom stereocenters. The van der Waals surface area contributed by atoms with Crippen molar-refractivity contribution in [1.29, 1.82) is 0 Å². The molecule has 2 rings (SSSR count). The number of rotatable bonds is 8. The van der Waals surface area contributed by atoms with Crippen LogP contribution in [0.3, 0.4) is 0 Å². The van der Waals surface area contributed by atoms with E-state index in [9.17, 15) is 32.5 Å². The minimum Gasteiger partial charge on any atom is -0.386 e. The number of aliphatic hydroxyl groups is 1. The van der Waals surface area contributed by atoms with E-state index in [2.05, 4.69) is 30.3 Å². The number of aromatic amines is 1. The number of H-pyrrole nitrogens is 1. The van der Waals surface area contributed by atoms with E-state index in [0.717, 1.165) is 0 Å². The maximum atomic E-state index is 14.7. The average molecular weight is 560 g/mol. The highest BCUT2D eigenvalue weighted by molar-refractivity contribution is 7.72. The van der Waals surface area contributed by atoms with E-state index < -0.39 is 64.6 Å². The van der Waals surface area contributed by atoms with E-state index in [1.165, 1.54) is 0 Å². The highest BCUT2D eigenvalue weighted by atomic mass is 32.1. The predicted octanol–water partition coefficient (Wildman–Crippen LogP) is 1.36. The highest BCUT2D eigenvalue weighted by Crippen LogP contribution is 2.66. The molecule has 1 aliphatic heterocycles. The van der Waals surface area contributed by atoms with Gasteiger partial charge in [-0.3, -0.25) is 9.09 Å². The number of hydrogen-bond acceptors (Lipinski definition) is 10. The summed E-state index contributed by atoms with van der Waals surface area (Å²) in [6, 6.07) is 0. The molecule has 0 radical (unpaired) electrons. The first-order chi connectivity index (χ1) is 14.4. The van der Waals surface area contributed by atoms with E-state index in [0.29, 0.717) is 10.8 Å². The number of nitrogens with one attached hydrogen (secondary N) is 1. The van der Waals surface area contributed by atoms with E-state index in [1.807, 2.05) is 0 Å². The fourth-order valence-electron chi connectivity index (χ4n) is 2.38. The van der Waals surface area contributed by atoms with Gasteiger partial charge in [-0.15, -0.1) is 6.42 Å². The zero-order valence-electron chi connectivity index (χ0n) is 15.0. The Labute approximate surface area is 187 Å². The number of alkyl halides is 1. The number of aliphatic hydroxyl groups excluding tert-OH is 1. The van der Waals surface area contributed by atoms with Crippen LogP contribution in [0.2, 0.25) is 0 Å².